The van der Waals surface area contributed by atoms with Crippen molar-refractivity contribution in [3.8, 4) is 11.1 Å². The summed E-state index contributed by atoms with van der Waals surface area (Å²) in [4.78, 5) is 39.4. The SMILES string of the molecule is CCC(CC)(NC(=O)OCC1c2ccccc2-c2ccccc21)C(=O)N1CCCC1CCC(=O)O. The van der Waals surface area contributed by atoms with Crippen LogP contribution in [0.3, 0.4) is 0 Å². The highest BCUT2D eigenvalue weighted by atomic mass is 16.5. The van der Waals surface area contributed by atoms with Gasteiger partial charge in [-0.05, 0) is 54.4 Å². The maximum Gasteiger partial charge on any atom is 0.408 e. The van der Waals surface area contributed by atoms with Crippen molar-refractivity contribution in [2.45, 2.75) is 69.9 Å². The summed E-state index contributed by atoms with van der Waals surface area (Å²) in [5, 5.41) is 12.0. The van der Waals surface area contributed by atoms with Gasteiger partial charge in [-0.1, -0.05) is 62.4 Å². The van der Waals surface area contributed by atoms with E-state index in [0.29, 0.717) is 25.8 Å². The van der Waals surface area contributed by atoms with E-state index in [1.165, 1.54) is 0 Å². The molecule has 4 rings (SSSR count). The fourth-order valence-electron chi connectivity index (χ4n) is 5.58. The van der Waals surface area contributed by atoms with E-state index in [1.807, 2.05) is 38.1 Å². The molecule has 35 heavy (non-hydrogen) atoms. The Balaban J connectivity index is 1.45. The van der Waals surface area contributed by atoms with Crippen molar-refractivity contribution in [1.29, 1.82) is 0 Å². The summed E-state index contributed by atoms with van der Waals surface area (Å²) in [6.45, 7) is 4.53. The maximum absolute atomic E-state index is 13.6. The predicted octanol–water partition coefficient (Wildman–Crippen LogP) is 4.94. The first-order valence-electron chi connectivity index (χ1n) is 12.6. The molecule has 1 unspecified atom stereocenters. The Bertz CT molecular complexity index is 1050. The summed E-state index contributed by atoms with van der Waals surface area (Å²) in [5.41, 5.74) is 3.51. The highest BCUT2D eigenvalue weighted by Crippen LogP contribution is 2.44. The van der Waals surface area contributed by atoms with E-state index in [1.54, 1.807) is 4.90 Å². The number of nitrogens with one attached hydrogen (secondary N) is 1. The van der Waals surface area contributed by atoms with Crippen LogP contribution >= 0.6 is 0 Å². The summed E-state index contributed by atoms with van der Waals surface area (Å²) in [5.74, 6) is -1.07. The van der Waals surface area contributed by atoms with E-state index in [9.17, 15) is 14.4 Å². The molecule has 2 aliphatic rings. The third-order valence-electron chi connectivity index (χ3n) is 7.63. The van der Waals surface area contributed by atoms with Crippen LogP contribution in [-0.2, 0) is 14.3 Å². The van der Waals surface area contributed by atoms with Gasteiger partial charge in [-0.15, -0.1) is 0 Å². The van der Waals surface area contributed by atoms with Gasteiger partial charge >= 0.3 is 12.1 Å². The first-order chi connectivity index (χ1) is 16.9. The molecule has 1 atom stereocenters. The third-order valence-corrected chi connectivity index (χ3v) is 7.63. The van der Waals surface area contributed by atoms with Gasteiger partial charge in [0.05, 0.1) is 0 Å². The molecule has 1 saturated heterocycles. The lowest BCUT2D eigenvalue weighted by molar-refractivity contribution is -0.141. The van der Waals surface area contributed by atoms with Gasteiger partial charge in [0.15, 0.2) is 0 Å². The number of carboxylic acids is 1. The highest BCUT2D eigenvalue weighted by molar-refractivity contribution is 5.90. The molecule has 0 saturated carbocycles. The van der Waals surface area contributed by atoms with Crippen LogP contribution in [0.2, 0.25) is 0 Å². The van der Waals surface area contributed by atoms with E-state index in [4.69, 9.17) is 9.84 Å². The maximum atomic E-state index is 13.6. The summed E-state index contributed by atoms with van der Waals surface area (Å²) in [6, 6.07) is 16.2. The van der Waals surface area contributed by atoms with Crippen LogP contribution in [0.25, 0.3) is 11.1 Å². The fraction of sp³-hybridized carbons (Fsp3) is 0.464. The normalized spacial score (nSPS) is 17.1. The predicted molar refractivity (Wildman–Crippen MR) is 133 cm³/mol. The van der Waals surface area contributed by atoms with Gasteiger partial charge in [0, 0.05) is 24.9 Å². The minimum atomic E-state index is -1.08. The van der Waals surface area contributed by atoms with Crippen LogP contribution in [0.15, 0.2) is 48.5 Å². The molecule has 1 aliphatic heterocycles. The van der Waals surface area contributed by atoms with E-state index >= 15 is 0 Å². The molecule has 0 spiro atoms. The third kappa shape index (κ3) is 4.90. The zero-order valence-electron chi connectivity index (χ0n) is 20.5. The average Bonchev–Trinajstić information content (AvgIpc) is 3.47. The molecule has 2 aromatic carbocycles. The number of fused-ring (bicyclic) bond motifs is 3. The molecule has 1 fully saturated rings. The quantitative estimate of drug-likeness (QED) is 0.532. The lowest BCUT2D eigenvalue weighted by atomic mass is 9.90. The molecule has 2 aromatic rings. The molecule has 1 heterocycles. The van der Waals surface area contributed by atoms with Crippen LogP contribution in [0.4, 0.5) is 4.79 Å². The van der Waals surface area contributed by atoms with Crippen molar-refractivity contribution in [2.75, 3.05) is 13.2 Å². The van der Waals surface area contributed by atoms with Crippen molar-refractivity contribution >= 4 is 18.0 Å². The molecule has 0 radical (unpaired) electrons. The number of amides is 2. The van der Waals surface area contributed by atoms with Gasteiger partial charge in [-0.2, -0.15) is 0 Å². The summed E-state index contributed by atoms with van der Waals surface area (Å²) >= 11 is 0. The second kappa shape index (κ2) is 10.5. The van der Waals surface area contributed by atoms with Gasteiger partial charge in [0.25, 0.3) is 0 Å². The number of carboxylic acid groups (broad SMARTS) is 1. The highest BCUT2D eigenvalue weighted by Gasteiger charge is 2.43. The first-order valence-corrected chi connectivity index (χ1v) is 12.6. The van der Waals surface area contributed by atoms with Crippen LogP contribution in [-0.4, -0.2) is 52.7 Å². The van der Waals surface area contributed by atoms with Crippen LogP contribution in [0.5, 0.6) is 0 Å². The topological polar surface area (TPSA) is 95.9 Å². The largest absolute Gasteiger partial charge is 0.481 e. The average molecular weight is 479 g/mol. The fourth-order valence-corrected chi connectivity index (χ4v) is 5.58. The lowest BCUT2D eigenvalue weighted by Gasteiger charge is -2.37. The van der Waals surface area contributed by atoms with Crippen molar-refractivity contribution in [3.63, 3.8) is 0 Å². The number of alkyl carbamates (subject to hydrolysis) is 1. The van der Waals surface area contributed by atoms with Crippen LogP contribution < -0.4 is 5.32 Å². The second-order valence-corrected chi connectivity index (χ2v) is 9.47. The standard InChI is InChI=1S/C28H34N2O5/c1-3-28(4-2,26(33)30-17-9-10-19(30)15-16-25(31)32)29-27(34)35-18-24-22-13-7-5-11-20(22)21-12-6-8-14-23(21)24/h5-8,11-14,19,24H,3-4,9-10,15-18H2,1-2H3,(H,29,34)(H,31,32). The summed E-state index contributed by atoms with van der Waals surface area (Å²) < 4.78 is 5.72. The Kier molecular flexibility index (Phi) is 7.43. The first kappa shape index (κ1) is 24.8. The molecule has 7 nitrogen and oxygen atoms in total. The number of carbonyl (C=O) groups excluding carboxylic acids is 2. The van der Waals surface area contributed by atoms with Crippen LogP contribution in [0.1, 0.15) is 69.4 Å². The van der Waals surface area contributed by atoms with Crippen molar-refractivity contribution in [1.82, 2.24) is 10.2 Å². The Morgan fingerprint density at radius 1 is 1.03 bits per heavy atom. The second-order valence-electron chi connectivity index (χ2n) is 9.47. The lowest BCUT2D eigenvalue weighted by Crippen LogP contribution is -2.60. The van der Waals surface area contributed by atoms with Crippen molar-refractivity contribution in [3.05, 3.63) is 59.7 Å². The molecule has 0 bridgehead atoms. The van der Waals surface area contributed by atoms with E-state index < -0.39 is 17.6 Å². The van der Waals surface area contributed by atoms with E-state index in [0.717, 1.165) is 35.1 Å². The number of likely N-dealkylation sites (tertiary alicyclic amines) is 1. The van der Waals surface area contributed by atoms with Gasteiger partial charge in [0.2, 0.25) is 5.91 Å². The molecular weight excluding hydrogens is 444 g/mol. The summed E-state index contributed by atoms with van der Waals surface area (Å²) in [6.07, 6.45) is 2.32. The molecule has 186 valence electrons. The van der Waals surface area contributed by atoms with Gasteiger partial charge in [-0.3, -0.25) is 9.59 Å². The van der Waals surface area contributed by atoms with Crippen molar-refractivity contribution < 1.29 is 24.2 Å². The molecule has 7 heteroatoms. The molecule has 2 amide bonds. The number of aliphatic carboxylic acids is 1. The van der Waals surface area contributed by atoms with E-state index in [2.05, 4.69) is 29.6 Å². The number of ether oxygens (including phenoxy) is 1. The minimum absolute atomic E-state index is 0.0273. The van der Waals surface area contributed by atoms with Gasteiger partial charge < -0.3 is 20.1 Å². The zero-order valence-corrected chi connectivity index (χ0v) is 20.5. The number of hydrogen-bond acceptors (Lipinski definition) is 4. The van der Waals surface area contributed by atoms with Crippen LogP contribution in [0, 0.1) is 0 Å². The van der Waals surface area contributed by atoms with Gasteiger partial charge in [-0.25, -0.2) is 4.79 Å². The van der Waals surface area contributed by atoms with E-state index in [-0.39, 0.29) is 30.9 Å². The Morgan fingerprint density at radius 2 is 1.63 bits per heavy atom. The Labute approximate surface area is 206 Å². The molecule has 2 N–H and O–H groups in total. The Morgan fingerprint density at radius 3 is 2.20 bits per heavy atom. The summed E-state index contributed by atoms with van der Waals surface area (Å²) in [7, 11) is 0. The molecule has 1 aliphatic carbocycles. The number of rotatable bonds is 9. The number of hydrogen-bond donors (Lipinski definition) is 2. The minimum Gasteiger partial charge on any atom is -0.481 e. The van der Waals surface area contributed by atoms with Gasteiger partial charge in [0.1, 0.15) is 12.1 Å². The number of carbonyl (C=O) groups is 3. The smallest absolute Gasteiger partial charge is 0.408 e. The zero-order chi connectivity index (χ0) is 25.0. The van der Waals surface area contributed by atoms with Crippen molar-refractivity contribution in [2.24, 2.45) is 0 Å². The number of benzene rings is 2. The molecule has 0 aromatic heterocycles. The Hall–Kier alpha value is -3.35. The monoisotopic (exact) mass is 478 g/mol. The number of nitrogens with zero attached hydrogens (tertiary/aromatic N) is 1. The molecular formula is C28H34N2O5.